The SMILES string of the molecule is CCN(C)C=Nc1ccc(Oc2ccc(Cl)c(C(F)(F)F)c2)nc1-c1ccccc1. The number of alkyl halides is 3. The standard InChI is InChI=1S/C22H19ClF3N3O/c1-3-29(2)14-27-19-11-12-20(28-21(19)15-7-5-4-6-8-15)30-16-9-10-18(23)17(13-16)22(24,25)26/h4-14H,3H2,1-2H3. The van der Waals surface area contributed by atoms with E-state index < -0.39 is 16.8 Å². The minimum atomic E-state index is -4.58. The highest BCUT2D eigenvalue weighted by atomic mass is 35.5. The molecule has 1 aromatic heterocycles. The lowest BCUT2D eigenvalue weighted by molar-refractivity contribution is -0.137. The molecular formula is C22H19ClF3N3O. The first-order chi connectivity index (χ1) is 14.3. The van der Waals surface area contributed by atoms with Gasteiger partial charge in [-0.2, -0.15) is 13.2 Å². The fraction of sp³-hybridized carbons (Fsp3) is 0.182. The number of aromatic nitrogens is 1. The molecule has 0 radical (unpaired) electrons. The van der Waals surface area contributed by atoms with Crippen molar-refractivity contribution < 1.29 is 17.9 Å². The van der Waals surface area contributed by atoms with Crippen LogP contribution in [0.15, 0.2) is 65.7 Å². The molecule has 0 aliphatic carbocycles. The topological polar surface area (TPSA) is 37.7 Å². The number of ether oxygens (including phenoxy) is 1. The van der Waals surface area contributed by atoms with E-state index in [0.29, 0.717) is 11.4 Å². The molecule has 0 aliphatic heterocycles. The number of nitrogens with zero attached hydrogens (tertiary/aromatic N) is 3. The van der Waals surface area contributed by atoms with Gasteiger partial charge < -0.3 is 9.64 Å². The second kappa shape index (κ2) is 9.17. The summed E-state index contributed by atoms with van der Waals surface area (Å²) in [7, 11) is 1.90. The molecule has 0 spiro atoms. The number of pyridine rings is 1. The summed E-state index contributed by atoms with van der Waals surface area (Å²) in [6.07, 6.45) is -2.89. The predicted octanol–water partition coefficient (Wildman–Crippen LogP) is 6.82. The normalized spacial score (nSPS) is 11.7. The van der Waals surface area contributed by atoms with Crippen LogP contribution in [-0.2, 0) is 6.18 Å². The first-order valence-electron chi connectivity index (χ1n) is 9.13. The van der Waals surface area contributed by atoms with Crippen molar-refractivity contribution in [2.45, 2.75) is 13.1 Å². The van der Waals surface area contributed by atoms with Crippen LogP contribution in [0.1, 0.15) is 12.5 Å². The summed E-state index contributed by atoms with van der Waals surface area (Å²) < 4.78 is 44.9. The Kier molecular flexibility index (Phi) is 6.62. The minimum absolute atomic E-state index is 0.0137. The molecule has 4 nitrogen and oxygen atoms in total. The van der Waals surface area contributed by atoms with Gasteiger partial charge in [0.1, 0.15) is 5.75 Å². The van der Waals surface area contributed by atoms with Crippen LogP contribution in [0.5, 0.6) is 11.6 Å². The second-order valence-electron chi connectivity index (χ2n) is 6.44. The van der Waals surface area contributed by atoms with Gasteiger partial charge in [0.15, 0.2) is 0 Å². The molecule has 1 heterocycles. The number of benzene rings is 2. The van der Waals surface area contributed by atoms with Crippen LogP contribution in [-0.4, -0.2) is 29.8 Å². The molecule has 0 fully saturated rings. The van der Waals surface area contributed by atoms with Crippen molar-refractivity contribution in [1.82, 2.24) is 9.88 Å². The van der Waals surface area contributed by atoms with Crippen LogP contribution in [0.4, 0.5) is 18.9 Å². The van der Waals surface area contributed by atoms with Crippen molar-refractivity contribution in [3.63, 3.8) is 0 Å². The monoisotopic (exact) mass is 433 g/mol. The van der Waals surface area contributed by atoms with Gasteiger partial charge in [-0.05, 0) is 31.2 Å². The maximum absolute atomic E-state index is 13.1. The number of hydrogen-bond acceptors (Lipinski definition) is 3. The largest absolute Gasteiger partial charge is 0.439 e. The van der Waals surface area contributed by atoms with Crippen LogP contribution in [0.3, 0.4) is 0 Å². The summed E-state index contributed by atoms with van der Waals surface area (Å²) in [6, 6.07) is 16.0. The molecule has 0 aliphatic rings. The van der Waals surface area contributed by atoms with Gasteiger partial charge in [0, 0.05) is 25.2 Å². The number of aliphatic imine (C=N–C) groups is 1. The Bertz CT molecular complexity index is 1040. The molecule has 0 atom stereocenters. The van der Waals surface area contributed by atoms with Crippen LogP contribution < -0.4 is 4.74 Å². The van der Waals surface area contributed by atoms with E-state index in [1.54, 1.807) is 18.5 Å². The van der Waals surface area contributed by atoms with Crippen molar-refractivity contribution in [1.29, 1.82) is 0 Å². The maximum atomic E-state index is 13.1. The molecular weight excluding hydrogens is 415 g/mol. The number of hydrogen-bond donors (Lipinski definition) is 0. The van der Waals surface area contributed by atoms with Gasteiger partial charge in [-0.25, -0.2) is 9.98 Å². The minimum Gasteiger partial charge on any atom is -0.439 e. The van der Waals surface area contributed by atoms with Crippen molar-refractivity contribution >= 4 is 23.6 Å². The molecule has 156 valence electrons. The smallest absolute Gasteiger partial charge is 0.417 e. The number of rotatable bonds is 6. The van der Waals surface area contributed by atoms with Crippen LogP contribution >= 0.6 is 11.6 Å². The highest BCUT2D eigenvalue weighted by Crippen LogP contribution is 2.38. The molecule has 0 amide bonds. The molecule has 3 aromatic rings. The predicted molar refractivity (Wildman–Crippen MR) is 113 cm³/mol. The van der Waals surface area contributed by atoms with Crippen molar-refractivity contribution in [2.24, 2.45) is 4.99 Å². The van der Waals surface area contributed by atoms with Gasteiger partial charge in [0.2, 0.25) is 5.88 Å². The van der Waals surface area contributed by atoms with E-state index in [2.05, 4.69) is 9.98 Å². The van der Waals surface area contributed by atoms with Crippen molar-refractivity contribution in [3.8, 4) is 22.9 Å². The fourth-order valence-corrected chi connectivity index (χ4v) is 2.78. The lowest BCUT2D eigenvalue weighted by atomic mass is 10.1. The third-order valence-electron chi connectivity index (χ3n) is 4.25. The van der Waals surface area contributed by atoms with Gasteiger partial charge in [-0.15, -0.1) is 0 Å². The average molecular weight is 434 g/mol. The van der Waals surface area contributed by atoms with Gasteiger partial charge in [0.25, 0.3) is 0 Å². The highest BCUT2D eigenvalue weighted by Gasteiger charge is 2.33. The summed E-state index contributed by atoms with van der Waals surface area (Å²) in [5, 5.41) is -0.391. The van der Waals surface area contributed by atoms with Crippen molar-refractivity contribution in [3.05, 3.63) is 71.2 Å². The van der Waals surface area contributed by atoms with E-state index in [1.807, 2.05) is 49.2 Å². The quantitative estimate of drug-likeness (QED) is 0.316. The molecule has 0 unspecified atom stereocenters. The Balaban J connectivity index is 1.98. The van der Waals surface area contributed by atoms with E-state index in [1.165, 1.54) is 6.07 Å². The Morgan fingerprint density at radius 2 is 1.83 bits per heavy atom. The van der Waals surface area contributed by atoms with Crippen LogP contribution in [0.25, 0.3) is 11.3 Å². The second-order valence-corrected chi connectivity index (χ2v) is 6.85. The molecule has 0 saturated carbocycles. The molecule has 0 bridgehead atoms. The summed E-state index contributed by atoms with van der Waals surface area (Å²) in [4.78, 5) is 10.9. The van der Waals surface area contributed by atoms with Gasteiger partial charge in [0.05, 0.1) is 28.3 Å². The van der Waals surface area contributed by atoms with Gasteiger partial charge in [-0.1, -0.05) is 41.9 Å². The average Bonchev–Trinajstić information content (AvgIpc) is 2.73. The maximum Gasteiger partial charge on any atom is 0.417 e. The molecule has 30 heavy (non-hydrogen) atoms. The zero-order valence-electron chi connectivity index (χ0n) is 16.3. The van der Waals surface area contributed by atoms with Gasteiger partial charge in [-0.3, -0.25) is 0 Å². The molecule has 3 rings (SSSR count). The van der Waals surface area contributed by atoms with Crippen LogP contribution in [0.2, 0.25) is 5.02 Å². The van der Waals surface area contributed by atoms with E-state index in [0.717, 1.165) is 24.2 Å². The van der Waals surface area contributed by atoms with Gasteiger partial charge >= 0.3 is 6.18 Å². The van der Waals surface area contributed by atoms with Crippen LogP contribution in [0, 0.1) is 0 Å². The zero-order chi connectivity index (χ0) is 21.7. The van der Waals surface area contributed by atoms with Crippen molar-refractivity contribution in [2.75, 3.05) is 13.6 Å². The lowest BCUT2D eigenvalue weighted by Gasteiger charge is -2.13. The Morgan fingerprint density at radius 1 is 1.10 bits per heavy atom. The third-order valence-corrected chi connectivity index (χ3v) is 4.58. The number of halogens is 4. The molecule has 0 N–H and O–H groups in total. The van der Waals surface area contributed by atoms with E-state index in [-0.39, 0.29) is 11.6 Å². The highest BCUT2D eigenvalue weighted by molar-refractivity contribution is 6.31. The summed E-state index contributed by atoms with van der Waals surface area (Å²) >= 11 is 5.67. The Labute approximate surface area is 177 Å². The van der Waals surface area contributed by atoms with E-state index >= 15 is 0 Å². The van der Waals surface area contributed by atoms with E-state index in [4.69, 9.17) is 16.3 Å². The first-order valence-corrected chi connectivity index (χ1v) is 9.51. The molecule has 8 heteroatoms. The first kappa shape index (κ1) is 21.6. The summed E-state index contributed by atoms with van der Waals surface area (Å²) in [5.41, 5.74) is 1.01. The van der Waals surface area contributed by atoms with E-state index in [9.17, 15) is 13.2 Å². The molecule has 2 aromatic carbocycles. The Hall–Kier alpha value is -3.06. The summed E-state index contributed by atoms with van der Waals surface area (Å²) in [5.74, 6) is 0.132. The third kappa shape index (κ3) is 5.30. The Morgan fingerprint density at radius 3 is 2.50 bits per heavy atom. The summed E-state index contributed by atoms with van der Waals surface area (Å²) in [6.45, 7) is 2.79. The lowest BCUT2D eigenvalue weighted by Crippen LogP contribution is -2.14. The fourth-order valence-electron chi connectivity index (χ4n) is 2.55. The molecule has 0 saturated heterocycles. The zero-order valence-corrected chi connectivity index (χ0v) is 17.1.